The zero-order valence-corrected chi connectivity index (χ0v) is 9.50. The number of rotatable bonds is 7. The highest BCUT2D eigenvalue weighted by molar-refractivity contribution is 5.93. The standard InChI is InChI=1S/C11H16N4O2/c12-4-2-1-3-9(8-16)15-11(17)10-7-13-5-6-14-10/h5-9H,1-4,12H2,(H,15,17). The molecule has 0 aliphatic heterocycles. The number of hydrogen-bond donors (Lipinski definition) is 2. The summed E-state index contributed by atoms with van der Waals surface area (Å²) >= 11 is 0. The smallest absolute Gasteiger partial charge is 0.272 e. The lowest BCUT2D eigenvalue weighted by atomic mass is 10.1. The van der Waals surface area contributed by atoms with Crippen molar-refractivity contribution in [2.75, 3.05) is 6.54 Å². The summed E-state index contributed by atoms with van der Waals surface area (Å²) in [6.45, 7) is 0.587. The first-order valence-corrected chi connectivity index (χ1v) is 5.50. The van der Waals surface area contributed by atoms with Crippen molar-refractivity contribution in [2.45, 2.75) is 25.3 Å². The highest BCUT2D eigenvalue weighted by Crippen LogP contribution is 1.99. The molecule has 6 heteroatoms. The van der Waals surface area contributed by atoms with Crippen LogP contribution in [0.2, 0.25) is 0 Å². The summed E-state index contributed by atoms with van der Waals surface area (Å²) in [6.07, 6.45) is 7.23. The molecule has 0 aromatic carbocycles. The van der Waals surface area contributed by atoms with Gasteiger partial charge in [0.05, 0.1) is 12.2 Å². The van der Waals surface area contributed by atoms with Gasteiger partial charge in [-0.05, 0) is 25.8 Å². The van der Waals surface area contributed by atoms with Gasteiger partial charge in [0, 0.05) is 12.4 Å². The van der Waals surface area contributed by atoms with E-state index >= 15 is 0 Å². The second-order valence-corrected chi connectivity index (χ2v) is 3.59. The lowest BCUT2D eigenvalue weighted by Gasteiger charge is -2.11. The van der Waals surface area contributed by atoms with Gasteiger partial charge in [0.1, 0.15) is 12.0 Å². The van der Waals surface area contributed by atoms with Crippen LogP contribution in [-0.4, -0.2) is 34.7 Å². The van der Waals surface area contributed by atoms with E-state index in [9.17, 15) is 9.59 Å². The molecule has 17 heavy (non-hydrogen) atoms. The summed E-state index contributed by atoms with van der Waals surface area (Å²) in [5, 5.41) is 2.59. The van der Waals surface area contributed by atoms with E-state index < -0.39 is 6.04 Å². The second kappa shape index (κ2) is 7.45. The minimum absolute atomic E-state index is 0.207. The quantitative estimate of drug-likeness (QED) is 0.509. The van der Waals surface area contributed by atoms with Crippen LogP contribution >= 0.6 is 0 Å². The minimum atomic E-state index is -0.490. The van der Waals surface area contributed by atoms with Gasteiger partial charge in [-0.1, -0.05) is 0 Å². The third kappa shape index (κ3) is 4.69. The number of nitrogens with two attached hydrogens (primary N) is 1. The minimum Gasteiger partial charge on any atom is -0.341 e. The van der Waals surface area contributed by atoms with Gasteiger partial charge in [-0.2, -0.15) is 0 Å². The molecular weight excluding hydrogens is 220 g/mol. The maximum atomic E-state index is 11.6. The molecule has 1 rings (SSSR count). The summed E-state index contributed by atoms with van der Waals surface area (Å²) in [7, 11) is 0. The summed E-state index contributed by atoms with van der Waals surface area (Å²) in [5.41, 5.74) is 5.56. The summed E-state index contributed by atoms with van der Waals surface area (Å²) < 4.78 is 0. The fourth-order valence-electron chi connectivity index (χ4n) is 1.34. The van der Waals surface area contributed by atoms with E-state index in [1.54, 1.807) is 0 Å². The van der Waals surface area contributed by atoms with Gasteiger partial charge in [0.15, 0.2) is 0 Å². The first-order valence-electron chi connectivity index (χ1n) is 5.50. The average Bonchev–Trinajstić information content (AvgIpc) is 2.38. The van der Waals surface area contributed by atoms with E-state index in [1.807, 2.05) is 0 Å². The number of nitrogens with zero attached hydrogens (tertiary/aromatic N) is 2. The first kappa shape index (κ1) is 13.2. The molecule has 0 fully saturated rings. The van der Waals surface area contributed by atoms with Gasteiger partial charge < -0.3 is 15.8 Å². The second-order valence-electron chi connectivity index (χ2n) is 3.59. The van der Waals surface area contributed by atoms with Crippen molar-refractivity contribution in [3.63, 3.8) is 0 Å². The third-order valence-electron chi connectivity index (χ3n) is 2.25. The summed E-state index contributed by atoms with van der Waals surface area (Å²) in [4.78, 5) is 30.1. The maximum absolute atomic E-state index is 11.6. The molecule has 1 aromatic rings. The average molecular weight is 236 g/mol. The highest BCUT2D eigenvalue weighted by atomic mass is 16.2. The van der Waals surface area contributed by atoms with E-state index in [-0.39, 0.29) is 11.6 Å². The Kier molecular flexibility index (Phi) is 5.81. The van der Waals surface area contributed by atoms with Crippen molar-refractivity contribution in [3.05, 3.63) is 24.3 Å². The molecule has 0 bridgehead atoms. The zero-order chi connectivity index (χ0) is 12.5. The van der Waals surface area contributed by atoms with Crippen LogP contribution in [-0.2, 0) is 4.79 Å². The topological polar surface area (TPSA) is 98.0 Å². The Morgan fingerprint density at radius 3 is 2.88 bits per heavy atom. The largest absolute Gasteiger partial charge is 0.341 e. The molecule has 0 saturated carbocycles. The highest BCUT2D eigenvalue weighted by Gasteiger charge is 2.13. The predicted molar refractivity (Wildman–Crippen MR) is 62.3 cm³/mol. The fourth-order valence-corrected chi connectivity index (χ4v) is 1.34. The van der Waals surface area contributed by atoms with Crippen LogP contribution in [0.4, 0.5) is 0 Å². The lowest BCUT2D eigenvalue weighted by molar-refractivity contribution is -0.109. The molecule has 1 heterocycles. The van der Waals surface area contributed by atoms with Gasteiger partial charge >= 0.3 is 0 Å². The van der Waals surface area contributed by atoms with Gasteiger partial charge in [0.25, 0.3) is 5.91 Å². The van der Waals surface area contributed by atoms with Crippen LogP contribution in [0.25, 0.3) is 0 Å². The van der Waals surface area contributed by atoms with E-state index in [0.717, 1.165) is 19.1 Å². The summed E-state index contributed by atoms with van der Waals surface area (Å²) in [5.74, 6) is -0.386. The van der Waals surface area contributed by atoms with E-state index in [0.29, 0.717) is 13.0 Å². The van der Waals surface area contributed by atoms with Gasteiger partial charge in [-0.3, -0.25) is 9.78 Å². The SMILES string of the molecule is NCCCCC(C=O)NC(=O)c1cnccn1. The monoisotopic (exact) mass is 236 g/mol. The fraction of sp³-hybridized carbons (Fsp3) is 0.455. The van der Waals surface area contributed by atoms with Crippen molar-refractivity contribution >= 4 is 12.2 Å². The number of aromatic nitrogens is 2. The molecule has 92 valence electrons. The predicted octanol–water partition coefficient (Wildman–Crippen LogP) is -0.0971. The molecular formula is C11H16N4O2. The van der Waals surface area contributed by atoms with Crippen molar-refractivity contribution in [1.82, 2.24) is 15.3 Å². The third-order valence-corrected chi connectivity index (χ3v) is 2.25. The van der Waals surface area contributed by atoms with Crippen molar-refractivity contribution in [1.29, 1.82) is 0 Å². The Morgan fingerprint density at radius 2 is 2.29 bits per heavy atom. The molecule has 0 radical (unpaired) electrons. The zero-order valence-electron chi connectivity index (χ0n) is 9.50. The van der Waals surface area contributed by atoms with Gasteiger partial charge in [-0.15, -0.1) is 0 Å². The molecule has 1 aromatic heterocycles. The first-order chi connectivity index (χ1) is 8.27. The Bertz CT molecular complexity index is 356. The van der Waals surface area contributed by atoms with E-state index in [2.05, 4.69) is 15.3 Å². The van der Waals surface area contributed by atoms with Gasteiger partial charge in [-0.25, -0.2) is 4.98 Å². The molecule has 0 aliphatic carbocycles. The number of nitrogens with one attached hydrogen (secondary N) is 1. The Labute approximate surface area is 99.6 Å². The van der Waals surface area contributed by atoms with E-state index in [4.69, 9.17) is 5.73 Å². The molecule has 1 atom stereocenters. The molecule has 1 unspecified atom stereocenters. The van der Waals surface area contributed by atoms with Crippen LogP contribution < -0.4 is 11.1 Å². The summed E-state index contributed by atoms with van der Waals surface area (Å²) in [6, 6.07) is -0.490. The van der Waals surface area contributed by atoms with Crippen LogP contribution in [0.1, 0.15) is 29.8 Å². The van der Waals surface area contributed by atoms with Crippen LogP contribution in [0.5, 0.6) is 0 Å². The normalized spacial score (nSPS) is 11.8. The van der Waals surface area contributed by atoms with E-state index in [1.165, 1.54) is 18.6 Å². The molecule has 0 aliphatic rings. The Hall–Kier alpha value is -1.82. The van der Waals surface area contributed by atoms with Crippen molar-refractivity contribution in [3.8, 4) is 0 Å². The number of carbonyl (C=O) groups excluding carboxylic acids is 2. The number of carbonyl (C=O) groups is 2. The Balaban J connectivity index is 2.45. The molecule has 1 amide bonds. The van der Waals surface area contributed by atoms with Crippen molar-refractivity contribution in [2.24, 2.45) is 5.73 Å². The number of amides is 1. The molecule has 0 saturated heterocycles. The molecule has 6 nitrogen and oxygen atoms in total. The number of aldehydes is 1. The lowest BCUT2D eigenvalue weighted by Crippen LogP contribution is -2.36. The van der Waals surface area contributed by atoms with Crippen LogP contribution in [0, 0.1) is 0 Å². The van der Waals surface area contributed by atoms with Gasteiger partial charge in [0.2, 0.25) is 0 Å². The number of unbranched alkanes of at least 4 members (excludes halogenated alkanes) is 1. The van der Waals surface area contributed by atoms with Crippen molar-refractivity contribution < 1.29 is 9.59 Å². The molecule has 0 spiro atoms. The Morgan fingerprint density at radius 1 is 1.47 bits per heavy atom. The molecule has 3 N–H and O–H groups in total. The maximum Gasteiger partial charge on any atom is 0.272 e. The van der Waals surface area contributed by atoms with Crippen LogP contribution in [0.3, 0.4) is 0 Å². The number of hydrogen-bond acceptors (Lipinski definition) is 5. The van der Waals surface area contributed by atoms with Crippen LogP contribution in [0.15, 0.2) is 18.6 Å².